The molecule has 3 rings (SSSR count). The Bertz CT molecular complexity index is 1380. The van der Waals surface area contributed by atoms with E-state index in [4.69, 9.17) is 9.47 Å². The lowest BCUT2D eigenvalue weighted by atomic mass is 9.89. The zero-order chi connectivity index (χ0) is 32.7. The highest BCUT2D eigenvalue weighted by Crippen LogP contribution is 2.63. The van der Waals surface area contributed by atoms with Crippen LogP contribution in [0.5, 0.6) is 0 Å². The fourth-order valence-corrected chi connectivity index (χ4v) is 9.90. The Balaban J connectivity index is 2.70. The smallest absolute Gasteiger partial charge is 0.454 e. The number of allylic oxidation sites excluding steroid dienone is 1. The Labute approximate surface area is 249 Å². The summed E-state index contributed by atoms with van der Waals surface area (Å²) in [7, 11) is -3.93. The SMILES string of the molecule is CCOC(=O)C(/C(C(=O)C(F)(F)F)=C(/O)C(F)(F)F)C(C(=O)OCC)[P+](c1ccccc1)(c1ccccc1)c1ccccc1. The fraction of sp³-hybridized carbons (Fsp3) is 0.258. The van der Waals surface area contributed by atoms with E-state index >= 15 is 0 Å². The summed E-state index contributed by atoms with van der Waals surface area (Å²) in [5.41, 5.74) is -4.62. The molecule has 2 unspecified atom stereocenters. The molecule has 0 aliphatic carbocycles. The number of carbonyl (C=O) groups is 3. The number of aliphatic hydroxyl groups is 1. The van der Waals surface area contributed by atoms with Crippen LogP contribution >= 0.6 is 7.26 Å². The second kappa shape index (κ2) is 14.1. The molecule has 0 bridgehead atoms. The van der Waals surface area contributed by atoms with Crippen molar-refractivity contribution in [3.05, 3.63) is 102 Å². The highest BCUT2D eigenvalue weighted by Gasteiger charge is 2.65. The lowest BCUT2D eigenvalue weighted by Crippen LogP contribution is -2.51. The number of ether oxygens (including phenoxy) is 2. The average molecular weight is 642 g/mol. The standard InChI is InChI=1S/C31H27F6O6P/c1-3-42-28(40)23(24(26(38)30(32,33)34)27(39)31(35,36)37)25(29(41)43-4-2)44(20-14-8-5-9-15-20,21-16-10-6-11-17-21)22-18-12-7-13-19-22/h5-19,23,25H,3-4H2,1-2H3/p+1. The Morgan fingerprint density at radius 1 is 0.659 bits per heavy atom. The molecule has 0 aliphatic heterocycles. The van der Waals surface area contributed by atoms with Crippen molar-refractivity contribution < 1.29 is 55.3 Å². The number of rotatable bonds is 11. The lowest BCUT2D eigenvalue weighted by molar-refractivity contribution is -0.171. The topological polar surface area (TPSA) is 89.9 Å². The van der Waals surface area contributed by atoms with Crippen molar-refractivity contribution in [2.24, 2.45) is 5.92 Å². The van der Waals surface area contributed by atoms with Gasteiger partial charge in [-0.1, -0.05) is 54.6 Å². The van der Waals surface area contributed by atoms with Gasteiger partial charge in [-0.15, -0.1) is 0 Å². The summed E-state index contributed by atoms with van der Waals surface area (Å²) in [6.45, 7) is 1.66. The monoisotopic (exact) mass is 641 g/mol. The van der Waals surface area contributed by atoms with Crippen LogP contribution in [0, 0.1) is 5.92 Å². The number of carbonyl (C=O) groups excluding carboxylic acids is 3. The summed E-state index contributed by atoms with van der Waals surface area (Å²) >= 11 is 0. The number of hydrogen-bond donors (Lipinski definition) is 1. The summed E-state index contributed by atoms with van der Waals surface area (Å²) < 4.78 is 94.4. The van der Waals surface area contributed by atoms with Gasteiger partial charge in [0.25, 0.3) is 5.78 Å². The van der Waals surface area contributed by atoms with Crippen LogP contribution in [0.1, 0.15) is 13.8 Å². The van der Waals surface area contributed by atoms with Crippen molar-refractivity contribution in [2.45, 2.75) is 31.9 Å². The number of Topliss-reactive ketones (excluding diaryl/α,β-unsaturated/α-hetero) is 1. The third kappa shape index (κ3) is 6.96. The summed E-state index contributed by atoms with van der Waals surface area (Å²) in [6, 6.07) is 23.2. The average Bonchev–Trinajstić information content (AvgIpc) is 2.99. The first-order valence-corrected chi connectivity index (χ1v) is 15.1. The predicted molar refractivity (Wildman–Crippen MR) is 152 cm³/mol. The maximum absolute atomic E-state index is 14.1. The van der Waals surface area contributed by atoms with Crippen LogP contribution in [-0.2, 0) is 23.9 Å². The summed E-state index contributed by atoms with van der Waals surface area (Å²) in [5, 5.41) is 11.1. The molecule has 0 amide bonds. The summed E-state index contributed by atoms with van der Waals surface area (Å²) in [4.78, 5) is 40.7. The Kier molecular flexibility index (Phi) is 11.0. The number of hydrogen-bond acceptors (Lipinski definition) is 6. The summed E-state index contributed by atoms with van der Waals surface area (Å²) in [6.07, 6.45) is -11.9. The molecule has 3 aromatic carbocycles. The predicted octanol–water partition coefficient (Wildman–Crippen LogP) is 5.60. The number of ketones is 1. The van der Waals surface area contributed by atoms with Gasteiger partial charge in [0.2, 0.25) is 5.76 Å². The van der Waals surface area contributed by atoms with Crippen LogP contribution in [0.4, 0.5) is 26.3 Å². The molecular formula is C31H28F6O6P+. The molecule has 234 valence electrons. The maximum atomic E-state index is 14.1. The molecule has 13 heteroatoms. The third-order valence-electron chi connectivity index (χ3n) is 6.63. The van der Waals surface area contributed by atoms with Crippen LogP contribution < -0.4 is 15.9 Å². The van der Waals surface area contributed by atoms with E-state index in [2.05, 4.69) is 0 Å². The van der Waals surface area contributed by atoms with Gasteiger partial charge in [0.15, 0.2) is 5.66 Å². The van der Waals surface area contributed by atoms with E-state index in [-0.39, 0.29) is 22.5 Å². The molecule has 44 heavy (non-hydrogen) atoms. The molecule has 1 N–H and O–H groups in total. The van der Waals surface area contributed by atoms with E-state index in [1.165, 1.54) is 50.2 Å². The molecule has 6 nitrogen and oxygen atoms in total. The van der Waals surface area contributed by atoms with Gasteiger partial charge in [0.1, 0.15) is 29.1 Å². The maximum Gasteiger partial charge on any atom is 0.454 e. The summed E-state index contributed by atoms with van der Waals surface area (Å²) in [5.74, 6) is -12.2. The van der Waals surface area contributed by atoms with E-state index in [1.54, 1.807) is 54.6 Å². The first-order chi connectivity index (χ1) is 20.7. The number of alkyl halides is 6. The molecule has 0 heterocycles. The number of halogens is 6. The van der Waals surface area contributed by atoms with E-state index < -0.39 is 66.9 Å². The van der Waals surface area contributed by atoms with E-state index in [0.29, 0.717) is 0 Å². The van der Waals surface area contributed by atoms with Crippen LogP contribution in [-0.4, -0.2) is 54.1 Å². The highest BCUT2D eigenvalue weighted by molar-refractivity contribution is 7.97. The van der Waals surface area contributed by atoms with Gasteiger partial charge in [0.05, 0.1) is 18.8 Å². The molecule has 0 aromatic heterocycles. The molecular weight excluding hydrogens is 613 g/mol. The molecule has 2 atom stereocenters. The van der Waals surface area contributed by atoms with Crippen molar-refractivity contribution in [2.75, 3.05) is 13.2 Å². The lowest BCUT2D eigenvalue weighted by Gasteiger charge is -2.37. The Morgan fingerprint density at radius 2 is 1.02 bits per heavy atom. The van der Waals surface area contributed by atoms with Crippen LogP contribution in [0.2, 0.25) is 0 Å². The molecule has 0 saturated heterocycles. The molecule has 3 aromatic rings. The quantitative estimate of drug-likeness (QED) is 0.0965. The van der Waals surface area contributed by atoms with Crippen LogP contribution in [0.15, 0.2) is 102 Å². The number of aliphatic hydroxyl groups excluding tert-OH is 1. The van der Waals surface area contributed by atoms with Gasteiger partial charge in [-0.25, -0.2) is 4.79 Å². The minimum Gasteiger partial charge on any atom is -0.504 e. The second-order valence-corrected chi connectivity index (χ2v) is 12.8. The normalized spacial score (nSPS) is 14.2. The molecule has 0 spiro atoms. The Hall–Kier alpha value is -4.18. The van der Waals surface area contributed by atoms with Gasteiger partial charge in [0, 0.05) is 0 Å². The molecule has 0 fully saturated rings. The van der Waals surface area contributed by atoms with Gasteiger partial charge in [-0.3, -0.25) is 9.59 Å². The molecule has 0 aliphatic rings. The van der Waals surface area contributed by atoms with E-state index in [9.17, 15) is 45.8 Å². The van der Waals surface area contributed by atoms with Crippen LogP contribution in [0.3, 0.4) is 0 Å². The zero-order valence-electron chi connectivity index (χ0n) is 23.4. The number of benzene rings is 3. The minimum atomic E-state index is -5.99. The number of esters is 2. The molecule has 0 saturated carbocycles. The van der Waals surface area contributed by atoms with Crippen molar-refractivity contribution in [3.63, 3.8) is 0 Å². The van der Waals surface area contributed by atoms with Gasteiger partial charge in [-0.2, -0.15) is 26.3 Å². The van der Waals surface area contributed by atoms with Crippen molar-refractivity contribution in [1.82, 2.24) is 0 Å². The zero-order valence-corrected chi connectivity index (χ0v) is 24.3. The first-order valence-electron chi connectivity index (χ1n) is 13.2. The fourth-order valence-electron chi connectivity index (χ4n) is 5.00. The highest BCUT2D eigenvalue weighted by atomic mass is 31.2. The first kappa shape index (κ1) is 34.3. The van der Waals surface area contributed by atoms with Gasteiger partial charge >= 0.3 is 24.3 Å². The van der Waals surface area contributed by atoms with Gasteiger partial charge in [-0.05, 0) is 50.2 Å². The Morgan fingerprint density at radius 3 is 1.34 bits per heavy atom. The van der Waals surface area contributed by atoms with Gasteiger partial charge < -0.3 is 14.6 Å². The van der Waals surface area contributed by atoms with Crippen molar-refractivity contribution in [3.8, 4) is 0 Å². The van der Waals surface area contributed by atoms with Crippen molar-refractivity contribution >= 4 is 40.9 Å². The molecule has 0 radical (unpaired) electrons. The van der Waals surface area contributed by atoms with Crippen molar-refractivity contribution in [1.29, 1.82) is 0 Å². The minimum absolute atomic E-state index is 0.259. The second-order valence-electron chi connectivity index (χ2n) is 9.24. The largest absolute Gasteiger partial charge is 0.504 e. The van der Waals surface area contributed by atoms with E-state index in [1.807, 2.05) is 0 Å². The third-order valence-corrected chi connectivity index (χ3v) is 11.3. The van der Waals surface area contributed by atoms with E-state index in [0.717, 1.165) is 0 Å². The van der Waals surface area contributed by atoms with Crippen LogP contribution in [0.25, 0.3) is 0 Å².